The van der Waals surface area contributed by atoms with Crippen molar-refractivity contribution in [3.05, 3.63) is 76.8 Å². The van der Waals surface area contributed by atoms with Gasteiger partial charge in [-0.15, -0.1) is 11.3 Å². The zero-order valence-electron chi connectivity index (χ0n) is 17.8. The molecule has 0 spiro atoms. The van der Waals surface area contributed by atoms with Gasteiger partial charge in [-0.05, 0) is 36.4 Å². The number of nitrogens with one attached hydrogen (secondary N) is 1. The first kappa shape index (κ1) is 23.3. The first-order chi connectivity index (χ1) is 15.8. The average Bonchev–Trinajstić information content (AvgIpc) is 3.12. The Bertz CT molecular complexity index is 1340. The number of ether oxygens (including phenoxy) is 2. The van der Waals surface area contributed by atoms with Gasteiger partial charge in [0.25, 0.3) is 5.91 Å². The number of nitrogens with two attached hydrogens (primary N) is 2. The minimum Gasteiger partial charge on any atom is -0.504 e. The Hall–Kier alpha value is -4.36. The predicted octanol–water partition coefficient (Wildman–Crippen LogP) is 4.43. The minimum atomic E-state index is -0.509. The van der Waals surface area contributed by atoms with E-state index in [1.54, 1.807) is 12.2 Å². The van der Waals surface area contributed by atoms with E-state index in [1.807, 2.05) is 6.07 Å². The van der Waals surface area contributed by atoms with E-state index in [0.29, 0.717) is 32.8 Å². The minimum absolute atomic E-state index is 0.0206. The quantitative estimate of drug-likeness (QED) is 0.347. The van der Waals surface area contributed by atoms with Crippen LogP contribution in [0.15, 0.2) is 55.0 Å². The van der Waals surface area contributed by atoms with Crippen LogP contribution < -0.4 is 16.8 Å². The van der Waals surface area contributed by atoms with E-state index in [0.717, 1.165) is 11.3 Å². The van der Waals surface area contributed by atoms with Crippen molar-refractivity contribution in [3.8, 4) is 6.07 Å². The van der Waals surface area contributed by atoms with Crippen LogP contribution in [-0.4, -0.2) is 25.1 Å². The maximum Gasteiger partial charge on any atom is 0.267 e. The Morgan fingerprint density at radius 1 is 1.27 bits per heavy atom. The lowest BCUT2D eigenvalue weighted by atomic mass is 9.97. The van der Waals surface area contributed by atoms with Crippen LogP contribution >= 0.6 is 11.3 Å². The molecule has 0 saturated carbocycles. The summed E-state index contributed by atoms with van der Waals surface area (Å²) in [6, 6.07) is 7.36. The molecule has 1 amide bonds. The van der Waals surface area contributed by atoms with E-state index in [-0.39, 0.29) is 21.9 Å². The number of benzene rings is 1. The first-order valence-corrected chi connectivity index (χ1v) is 10.2. The third kappa shape index (κ3) is 4.78. The Morgan fingerprint density at radius 2 is 1.97 bits per heavy atom. The number of allylic oxidation sites excluding steroid dienone is 3. The molecule has 8 nitrogen and oxygen atoms in total. The van der Waals surface area contributed by atoms with Crippen LogP contribution in [0.2, 0.25) is 0 Å². The number of pyridine rings is 1. The number of aromatic nitrogens is 1. The number of carbonyl (C=O) groups is 1. The Balaban J connectivity index is 2.20. The zero-order chi connectivity index (χ0) is 24.1. The highest BCUT2D eigenvalue weighted by atomic mass is 32.1. The first-order valence-electron chi connectivity index (χ1n) is 9.43. The summed E-state index contributed by atoms with van der Waals surface area (Å²) in [6.45, 7) is 3.73. The van der Waals surface area contributed by atoms with Gasteiger partial charge in [0.1, 0.15) is 38.7 Å². The maximum atomic E-state index is 13.2. The van der Waals surface area contributed by atoms with E-state index >= 15 is 0 Å². The molecule has 0 atom stereocenters. The number of thiophene rings is 1. The summed E-state index contributed by atoms with van der Waals surface area (Å²) in [5.74, 6) is -0.589. The number of rotatable bonds is 7. The predicted molar refractivity (Wildman–Crippen MR) is 128 cm³/mol. The van der Waals surface area contributed by atoms with E-state index in [9.17, 15) is 14.4 Å². The lowest BCUT2D eigenvalue weighted by Crippen LogP contribution is -2.12. The molecule has 168 valence electrons. The molecule has 0 unspecified atom stereocenters. The van der Waals surface area contributed by atoms with E-state index in [4.69, 9.17) is 20.9 Å². The summed E-state index contributed by atoms with van der Waals surface area (Å²) in [5, 5.41) is 12.8. The third-order valence-electron chi connectivity index (χ3n) is 4.57. The fourth-order valence-corrected chi connectivity index (χ4v) is 4.03. The number of amides is 1. The molecule has 0 saturated heterocycles. The molecule has 5 N–H and O–H groups in total. The van der Waals surface area contributed by atoms with Crippen LogP contribution in [-0.2, 0) is 9.47 Å². The molecule has 2 aromatic heterocycles. The fourth-order valence-electron chi connectivity index (χ4n) is 3.02. The Morgan fingerprint density at radius 3 is 2.58 bits per heavy atom. The molecule has 3 rings (SSSR count). The van der Waals surface area contributed by atoms with E-state index in [1.165, 1.54) is 44.7 Å². The highest BCUT2D eigenvalue weighted by Crippen LogP contribution is 2.41. The van der Waals surface area contributed by atoms with Gasteiger partial charge in [-0.25, -0.2) is 9.37 Å². The van der Waals surface area contributed by atoms with Gasteiger partial charge in [-0.2, -0.15) is 5.26 Å². The van der Waals surface area contributed by atoms with Gasteiger partial charge in [0.15, 0.2) is 0 Å². The largest absolute Gasteiger partial charge is 0.504 e. The van der Waals surface area contributed by atoms with Crippen molar-refractivity contribution in [1.82, 2.24) is 4.98 Å². The van der Waals surface area contributed by atoms with Gasteiger partial charge in [0.05, 0.1) is 26.2 Å². The molecule has 0 fully saturated rings. The average molecular weight is 466 g/mol. The molecule has 0 aliphatic carbocycles. The number of anilines is 3. The normalized spacial score (nSPS) is 11.4. The zero-order valence-corrected chi connectivity index (χ0v) is 18.6. The molecular formula is C23H20FN5O3S. The number of nitrogen functional groups attached to an aromatic ring is 2. The maximum absolute atomic E-state index is 13.2. The molecule has 3 aromatic rings. The van der Waals surface area contributed by atoms with Crippen molar-refractivity contribution < 1.29 is 18.7 Å². The second-order valence-corrected chi connectivity index (χ2v) is 7.66. The highest BCUT2D eigenvalue weighted by molar-refractivity contribution is 7.21. The Kier molecular flexibility index (Phi) is 6.95. The second kappa shape index (κ2) is 9.84. The molecule has 0 aliphatic heterocycles. The number of methoxy groups -OCH3 is 2. The number of carbonyl (C=O) groups excluding carboxylic acids is 1. The highest BCUT2D eigenvalue weighted by Gasteiger charge is 2.25. The van der Waals surface area contributed by atoms with Gasteiger partial charge >= 0.3 is 0 Å². The van der Waals surface area contributed by atoms with Gasteiger partial charge in [-0.1, -0.05) is 6.58 Å². The van der Waals surface area contributed by atoms with Crippen molar-refractivity contribution in [2.75, 3.05) is 31.0 Å². The van der Waals surface area contributed by atoms with Gasteiger partial charge < -0.3 is 26.3 Å². The lowest BCUT2D eigenvalue weighted by Gasteiger charge is -2.11. The second-order valence-electron chi connectivity index (χ2n) is 6.66. The van der Waals surface area contributed by atoms with E-state index < -0.39 is 11.7 Å². The van der Waals surface area contributed by atoms with Crippen LogP contribution in [0.4, 0.5) is 21.6 Å². The molecule has 1 aromatic carbocycles. The molecule has 0 bridgehead atoms. The van der Waals surface area contributed by atoms with Crippen molar-refractivity contribution >= 4 is 50.2 Å². The number of hydrogen-bond acceptors (Lipinski definition) is 8. The monoisotopic (exact) mass is 465 g/mol. The number of hydrogen-bond donors (Lipinski definition) is 3. The third-order valence-corrected chi connectivity index (χ3v) is 5.67. The van der Waals surface area contributed by atoms with Crippen molar-refractivity contribution in [3.63, 3.8) is 0 Å². The Labute approximate surface area is 193 Å². The molecule has 0 aliphatic rings. The summed E-state index contributed by atoms with van der Waals surface area (Å²) in [4.78, 5) is 17.7. The standard InChI is InChI=1S/C23H20FN5O3S/c1-12(32-3)4-5-13(11-31-2)17-16(10-25)21(27)29-23-18(17)19(26)20(33-23)22(30)28-15-8-6-14(24)7-9-15/h4-9,11H,1,26H2,2-3H3,(H2,27,29)(H,28,30)/b5-4-,13-11+. The summed E-state index contributed by atoms with van der Waals surface area (Å²) >= 11 is 1.02. The molecule has 33 heavy (non-hydrogen) atoms. The number of fused-ring (bicyclic) bond motifs is 1. The summed E-state index contributed by atoms with van der Waals surface area (Å²) in [7, 11) is 2.92. The lowest BCUT2D eigenvalue weighted by molar-refractivity contribution is 0.103. The molecular weight excluding hydrogens is 445 g/mol. The SMILES string of the molecule is C=C(/C=C\C(=C/OC)c1c(C#N)c(N)nc2sc(C(=O)Nc3ccc(F)cc3)c(N)c12)OC. The van der Waals surface area contributed by atoms with Crippen molar-refractivity contribution in [2.24, 2.45) is 0 Å². The van der Waals surface area contributed by atoms with Gasteiger partial charge in [0.2, 0.25) is 0 Å². The molecule has 0 radical (unpaired) electrons. The molecule has 10 heteroatoms. The van der Waals surface area contributed by atoms with Crippen molar-refractivity contribution in [1.29, 1.82) is 5.26 Å². The van der Waals surface area contributed by atoms with Crippen molar-refractivity contribution in [2.45, 2.75) is 0 Å². The number of halogens is 1. The van der Waals surface area contributed by atoms with Gasteiger partial charge in [-0.3, -0.25) is 4.79 Å². The van der Waals surface area contributed by atoms with Crippen LogP contribution in [0.1, 0.15) is 20.8 Å². The smallest absolute Gasteiger partial charge is 0.267 e. The number of nitriles is 1. The number of nitrogens with zero attached hydrogens (tertiary/aromatic N) is 2. The topological polar surface area (TPSA) is 136 Å². The van der Waals surface area contributed by atoms with E-state index in [2.05, 4.69) is 16.9 Å². The van der Waals surface area contributed by atoms with Crippen LogP contribution in [0.3, 0.4) is 0 Å². The summed E-state index contributed by atoms with van der Waals surface area (Å²) in [5.41, 5.74) is 13.8. The summed E-state index contributed by atoms with van der Waals surface area (Å²) in [6.07, 6.45) is 4.61. The fraction of sp³-hybridized carbons (Fsp3) is 0.0870. The summed E-state index contributed by atoms with van der Waals surface area (Å²) < 4.78 is 23.4. The van der Waals surface area contributed by atoms with Crippen LogP contribution in [0.5, 0.6) is 0 Å². The van der Waals surface area contributed by atoms with Crippen LogP contribution in [0, 0.1) is 17.1 Å². The molecule has 2 heterocycles. The van der Waals surface area contributed by atoms with Crippen LogP contribution in [0.25, 0.3) is 15.8 Å². The van der Waals surface area contributed by atoms with Gasteiger partial charge in [0, 0.05) is 22.2 Å².